The van der Waals surface area contributed by atoms with Gasteiger partial charge in [-0.1, -0.05) is 0 Å². The van der Waals surface area contributed by atoms with Gasteiger partial charge >= 0.3 is 0 Å². The molecule has 0 atom stereocenters. The van der Waals surface area contributed by atoms with Crippen LogP contribution in [0.3, 0.4) is 0 Å². The molecular formula is C6H5N3O. The van der Waals surface area contributed by atoms with Crippen LogP contribution in [0.4, 0.5) is 0 Å². The number of imidazole rings is 1. The topological polar surface area (TPSA) is 54.8 Å². The van der Waals surface area contributed by atoms with Crippen molar-refractivity contribution >= 4 is 17.6 Å². The molecule has 0 spiro atoms. The van der Waals surface area contributed by atoms with Gasteiger partial charge in [0, 0.05) is 6.07 Å². The molecule has 0 radical (unpaired) electrons. The maximum absolute atomic E-state index is 6.92. The Bertz CT molecular complexity index is 360. The summed E-state index contributed by atoms with van der Waals surface area (Å²) in [6.45, 7) is 0. The molecule has 0 saturated heterocycles. The summed E-state index contributed by atoms with van der Waals surface area (Å²) in [7, 11) is 0. The molecule has 50 valence electrons. The first-order chi connectivity index (χ1) is 4.92. The van der Waals surface area contributed by atoms with E-state index >= 15 is 0 Å². The Kier molecular flexibility index (Phi) is 0.887. The average Bonchev–Trinajstić information content (AvgIpc) is 2.44. The highest BCUT2D eigenvalue weighted by Gasteiger charge is 2.00. The van der Waals surface area contributed by atoms with Crippen molar-refractivity contribution in [3.63, 3.8) is 0 Å². The molecule has 0 amide bonds. The van der Waals surface area contributed by atoms with Gasteiger partial charge in [0.05, 0.1) is 12.6 Å². The summed E-state index contributed by atoms with van der Waals surface area (Å²) in [6, 6.07) is 1.76. The zero-order chi connectivity index (χ0) is 6.97. The van der Waals surface area contributed by atoms with Gasteiger partial charge in [-0.15, -0.1) is 0 Å². The zero-order valence-electron chi connectivity index (χ0n) is 5.11. The highest BCUT2D eigenvalue weighted by atomic mass is 16.3. The second kappa shape index (κ2) is 1.70. The van der Waals surface area contributed by atoms with Crippen molar-refractivity contribution in [2.45, 2.75) is 0 Å². The van der Waals surface area contributed by atoms with Gasteiger partial charge in [0.15, 0.2) is 0 Å². The quantitative estimate of drug-likeness (QED) is 0.470. The van der Waals surface area contributed by atoms with Crippen molar-refractivity contribution in [1.82, 2.24) is 9.55 Å². The van der Waals surface area contributed by atoms with Crippen molar-refractivity contribution in [3.05, 3.63) is 18.7 Å². The monoisotopic (exact) mass is 135 g/mol. The molecule has 0 bridgehead atoms. The smallest absolute Gasteiger partial charge is 0.231 e. The van der Waals surface area contributed by atoms with Crippen LogP contribution in [0, 0.1) is 5.41 Å². The molecule has 2 aromatic heterocycles. The highest BCUT2D eigenvalue weighted by molar-refractivity contribution is 5.76. The van der Waals surface area contributed by atoms with Crippen molar-refractivity contribution in [2.75, 3.05) is 0 Å². The Morgan fingerprint density at radius 2 is 2.60 bits per heavy atom. The zero-order valence-corrected chi connectivity index (χ0v) is 5.11. The average molecular weight is 135 g/mol. The molecule has 0 aliphatic heterocycles. The number of nitrogens with one attached hydrogen (secondary N) is 1. The second-order valence-electron chi connectivity index (χ2n) is 1.89. The molecule has 4 heteroatoms. The van der Waals surface area contributed by atoms with Crippen LogP contribution in [0.25, 0.3) is 11.2 Å². The standard InChI is InChI=1S/C6H5N3O/c7-3-9-4-8-5-1-2-10-6(5)9/h1-4,7H. The van der Waals surface area contributed by atoms with Crippen molar-refractivity contribution in [2.24, 2.45) is 0 Å². The Morgan fingerprint density at radius 3 is 3.40 bits per heavy atom. The first-order valence-electron chi connectivity index (χ1n) is 2.82. The molecule has 0 aliphatic carbocycles. The van der Waals surface area contributed by atoms with Gasteiger partial charge in [0.2, 0.25) is 5.71 Å². The number of rotatable bonds is 1. The summed E-state index contributed by atoms with van der Waals surface area (Å²) >= 11 is 0. The number of aromatic nitrogens is 2. The van der Waals surface area contributed by atoms with E-state index in [1.54, 1.807) is 18.7 Å². The van der Waals surface area contributed by atoms with Crippen LogP contribution < -0.4 is 0 Å². The van der Waals surface area contributed by atoms with Crippen LogP contribution in [0.5, 0.6) is 0 Å². The lowest BCUT2D eigenvalue weighted by Crippen LogP contribution is -1.88. The molecule has 4 nitrogen and oxygen atoms in total. The summed E-state index contributed by atoms with van der Waals surface area (Å²) in [6.07, 6.45) is 4.25. The fraction of sp³-hybridized carbons (Fsp3) is 0. The van der Waals surface area contributed by atoms with E-state index in [-0.39, 0.29) is 0 Å². The van der Waals surface area contributed by atoms with Gasteiger partial charge in [-0.3, -0.25) is 9.98 Å². The van der Waals surface area contributed by atoms with E-state index in [1.165, 1.54) is 4.57 Å². The molecule has 2 heterocycles. The second-order valence-corrected chi connectivity index (χ2v) is 1.89. The number of nitrogens with zero attached hydrogens (tertiary/aromatic N) is 2. The Hall–Kier alpha value is -1.58. The molecule has 1 N–H and O–H groups in total. The van der Waals surface area contributed by atoms with E-state index < -0.39 is 0 Å². The molecule has 0 aliphatic rings. The third-order valence-electron chi connectivity index (χ3n) is 1.32. The minimum Gasteiger partial charge on any atom is -0.446 e. The SMILES string of the molecule is N=Cn1cnc2ccoc21. The van der Waals surface area contributed by atoms with Crippen molar-refractivity contribution in [3.8, 4) is 0 Å². The van der Waals surface area contributed by atoms with Gasteiger partial charge in [-0.25, -0.2) is 4.98 Å². The molecule has 0 saturated carbocycles. The molecule has 0 aromatic carbocycles. The van der Waals surface area contributed by atoms with E-state index in [1.807, 2.05) is 0 Å². The van der Waals surface area contributed by atoms with Gasteiger partial charge in [-0.2, -0.15) is 0 Å². The summed E-state index contributed by atoms with van der Waals surface area (Å²) in [5.41, 5.74) is 1.40. The molecule has 0 unspecified atom stereocenters. The predicted octanol–water partition coefficient (Wildman–Crippen LogP) is 1.08. The van der Waals surface area contributed by atoms with E-state index in [0.717, 1.165) is 11.9 Å². The van der Waals surface area contributed by atoms with E-state index in [9.17, 15) is 0 Å². The molecule has 0 fully saturated rings. The van der Waals surface area contributed by atoms with E-state index in [2.05, 4.69) is 4.98 Å². The minimum absolute atomic E-state index is 0.620. The summed E-state index contributed by atoms with van der Waals surface area (Å²) < 4.78 is 6.54. The summed E-state index contributed by atoms with van der Waals surface area (Å²) in [5, 5.41) is 6.92. The highest BCUT2D eigenvalue weighted by Crippen LogP contribution is 2.10. The lowest BCUT2D eigenvalue weighted by atomic mass is 10.6. The molecule has 10 heavy (non-hydrogen) atoms. The van der Waals surface area contributed by atoms with E-state index in [4.69, 9.17) is 9.83 Å². The molecule has 2 aromatic rings. The maximum Gasteiger partial charge on any atom is 0.231 e. The van der Waals surface area contributed by atoms with Crippen LogP contribution in [0.1, 0.15) is 0 Å². The van der Waals surface area contributed by atoms with Gasteiger partial charge in [-0.05, 0) is 0 Å². The number of fused-ring (bicyclic) bond motifs is 1. The number of furan rings is 1. The van der Waals surface area contributed by atoms with Crippen LogP contribution in [-0.2, 0) is 0 Å². The largest absolute Gasteiger partial charge is 0.446 e. The van der Waals surface area contributed by atoms with Gasteiger partial charge in [0.1, 0.15) is 11.8 Å². The van der Waals surface area contributed by atoms with Crippen LogP contribution in [-0.4, -0.2) is 15.9 Å². The van der Waals surface area contributed by atoms with E-state index in [0.29, 0.717) is 5.71 Å². The lowest BCUT2D eigenvalue weighted by molar-refractivity contribution is 0.598. The van der Waals surface area contributed by atoms with Gasteiger partial charge < -0.3 is 4.42 Å². The molecule has 2 rings (SSSR count). The summed E-state index contributed by atoms with van der Waals surface area (Å²) in [5.74, 6) is 0. The van der Waals surface area contributed by atoms with Crippen molar-refractivity contribution < 1.29 is 4.42 Å². The molecular weight excluding hydrogens is 130 g/mol. The number of hydrogen-bond donors (Lipinski definition) is 1. The normalized spacial score (nSPS) is 10.4. The third kappa shape index (κ3) is 0.500. The summed E-state index contributed by atoms with van der Waals surface area (Å²) in [4.78, 5) is 3.97. The third-order valence-corrected chi connectivity index (χ3v) is 1.32. The maximum atomic E-state index is 6.92. The number of hydrogen-bond acceptors (Lipinski definition) is 3. The fourth-order valence-corrected chi connectivity index (χ4v) is 0.855. The Labute approximate surface area is 56.6 Å². The Balaban J connectivity index is 2.88. The predicted molar refractivity (Wildman–Crippen MR) is 36.2 cm³/mol. The lowest BCUT2D eigenvalue weighted by Gasteiger charge is -1.84. The fourth-order valence-electron chi connectivity index (χ4n) is 0.855. The first-order valence-corrected chi connectivity index (χ1v) is 2.82. The van der Waals surface area contributed by atoms with Crippen molar-refractivity contribution in [1.29, 1.82) is 5.41 Å². The van der Waals surface area contributed by atoms with Crippen LogP contribution >= 0.6 is 0 Å². The minimum atomic E-state index is 0.620. The van der Waals surface area contributed by atoms with Gasteiger partial charge in [0.25, 0.3) is 0 Å². The van der Waals surface area contributed by atoms with Crippen LogP contribution in [0.15, 0.2) is 23.1 Å². The first kappa shape index (κ1) is 5.22. The van der Waals surface area contributed by atoms with Crippen LogP contribution in [0.2, 0.25) is 0 Å². The Morgan fingerprint density at radius 1 is 1.70 bits per heavy atom.